The summed E-state index contributed by atoms with van der Waals surface area (Å²) in [6, 6.07) is 6.45. The second kappa shape index (κ2) is 9.56. The quantitative estimate of drug-likeness (QED) is 0.329. The summed E-state index contributed by atoms with van der Waals surface area (Å²) in [7, 11) is 0. The lowest BCUT2D eigenvalue weighted by Crippen LogP contribution is -2.19. The third kappa shape index (κ3) is 4.53. The fourth-order valence-electron chi connectivity index (χ4n) is 3.21. The summed E-state index contributed by atoms with van der Waals surface area (Å²) in [5, 5.41) is 11.7. The molecule has 2 saturated heterocycles. The molecule has 1 aromatic rings. The molecule has 148 valence electrons. The maximum atomic E-state index is 12.8. The molecule has 1 aromatic carbocycles. The highest BCUT2D eigenvalue weighted by molar-refractivity contribution is 8.25. The van der Waals surface area contributed by atoms with E-state index in [9.17, 15) is 19.7 Å². The molecule has 2 aliphatic heterocycles. The van der Waals surface area contributed by atoms with E-state index < -0.39 is 10.8 Å². The Morgan fingerprint density at radius 3 is 1.71 bits per heavy atom. The zero-order chi connectivity index (χ0) is 20.3. The average Bonchev–Trinajstić information content (AvgIpc) is 3.34. The number of benzene rings is 1. The molecular weight excluding hydrogens is 434 g/mol. The average molecular weight is 454 g/mol. The zero-order valence-corrected chi connectivity index (χ0v) is 18.7. The lowest BCUT2D eigenvalue weighted by Gasteiger charge is -2.24. The van der Waals surface area contributed by atoms with Gasteiger partial charge in [-0.1, -0.05) is 18.2 Å². The molecule has 0 aromatic heterocycles. The van der Waals surface area contributed by atoms with Gasteiger partial charge in [0, 0.05) is 54.3 Å². The van der Waals surface area contributed by atoms with Crippen molar-refractivity contribution in [1.82, 2.24) is 0 Å². The first-order chi connectivity index (χ1) is 13.4. The van der Waals surface area contributed by atoms with Crippen molar-refractivity contribution in [3.05, 3.63) is 59.6 Å². The van der Waals surface area contributed by atoms with Crippen molar-refractivity contribution in [2.75, 3.05) is 23.0 Å². The maximum Gasteiger partial charge on any atom is 0.273 e. The summed E-state index contributed by atoms with van der Waals surface area (Å²) < 4.78 is 1.76. The number of nitrogens with zero attached hydrogens (tertiary/aromatic N) is 1. The third-order valence-corrected chi connectivity index (χ3v) is 9.81. The van der Waals surface area contributed by atoms with Gasteiger partial charge >= 0.3 is 0 Å². The first kappa shape index (κ1) is 21.5. The first-order valence-corrected chi connectivity index (χ1v) is 12.6. The fraction of sp³-hybridized carbons (Fsp3) is 0.368. The van der Waals surface area contributed by atoms with Crippen LogP contribution in [0.2, 0.25) is 0 Å². The monoisotopic (exact) mass is 453 g/mol. The van der Waals surface area contributed by atoms with E-state index in [0.29, 0.717) is 16.7 Å². The first-order valence-electron chi connectivity index (χ1n) is 8.66. The lowest BCUT2D eigenvalue weighted by molar-refractivity contribution is -0.385. The molecule has 0 unspecified atom stereocenters. The van der Waals surface area contributed by atoms with Crippen molar-refractivity contribution in [1.29, 1.82) is 0 Å². The van der Waals surface area contributed by atoms with E-state index in [4.69, 9.17) is 0 Å². The van der Waals surface area contributed by atoms with Crippen LogP contribution >= 0.6 is 47.0 Å². The Bertz CT molecular complexity index is 834. The molecule has 2 aliphatic rings. The number of hydrogen-bond donors (Lipinski definition) is 0. The van der Waals surface area contributed by atoms with Gasteiger partial charge in [0.1, 0.15) is 0 Å². The van der Waals surface area contributed by atoms with E-state index in [-0.39, 0.29) is 17.3 Å². The Morgan fingerprint density at radius 2 is 1.32 bits per heavy atom. The Morgan fingerprint density at radius 1 is 0.893 bits per heavy atom. The molecule has 2 fully saturated rings. The van der Waals surface area contributed by atoms with Gasteiger partial charge in [0.25, 0.3) is 5.69 Å². The summed E-state index contributed by atoms with van der Waals surface area (Å²) >= 11 is 6.37. The van der Waals surface area contributed by atoms with Crippen LogP contribution < -0.4 is 0 Å². The van der Waals surface area contributed by atoms with E-state index in [1.807, 2.05) is 0 Å². The van der Waals surface area contributed by atoms with Crippen LogP contribution in [-0.2, 0) is 9.59 Å². The molecule has 0 bridgehead atoms. The van der Waals surface area contributed by atoms with Crippen LogP contribution in [0.5, 0.6) is 0 Å². The Labute approximate surface area is 180 Å². The number of carbonyl (C=O) groups is 2. The van der Waals surface area contributed by atoms with Crippen molar-refractivity contribution in [3.63, 3.8) is 0 Å². The topological polar surface area (TPSA) is 77.3 Å². The van der Waals surface area contributed by atoms with E-state index in [0.717, 1.165) is 31.5 Å². The van der Waals surface area contributed by atoms with Gasteiger partial charge in [0.15, 0.2) is 11.6 Å². The molecule has 0 amide bonds. The number of Topliss-reactive ketones (excluding diaryl/α,β-unsaturated/α-hetero) is 2. The van der Waals surface area contributed by atoms with Gasteiger partial charge in [-0.05, 0) is 13.8 Å². The van der Waals surface area contributed by atoms with E-state index in [1.165, 1.54) is 19.9 Å². The van der Waals surface area contributed by atoms with Crippen molar-refractivity contribution < 1.29 is 14.5 Å². The van der Waals surface area contributed by atoms with Gasteiger partial charge in [-0.2, -0.15) is 0 Å². The Balaban J connectivity index is 2.33. The molecule has 5 nitrogen and oxygen atoms in total. The standard InChI is InChI=1S/C19H19NO4S4/c1-11(21)15(18-25-7-8-26-18)17(13-5-3-4-6-14(13)20(23)24)16(12(2)22)19-27-9-10-28-19/h3-6,17H,7-10H2,1-2H3. The Kier molecular flexibility index (Phi) is 7.36. The molecule has 2 heterocycles. The highest BCUT2D eigenvalue weighted by atomic mass is 32.2. The fourth-order valence-corrected chi connectivity index (χ4v) is 8.62. The maximum absolute atomic E-state index is 12.8. The number of allylic oxidation sites excluding steroid dienone is 2. The van der Waals surface area contributed by atoms with Crippen molar-refractivity contribution >= 4 is 64.3 Å². The summed E-state index contributed by atoms with van der Waals surface area (Å²) in [4.78, 5) is 36.8. The van der Waals surface area contributed by atoms with Crippen LogP contribution in [0, 0.1) is 10.1 Å². The molecule has 0 spiro atoms. The van der Waals surface area contributed by atoms with Crippen LogP contribution in [0.15, 0.2) is 43.9 Å². The molecular formula is C19H19NO4S4. The minimum atomic E-state index is -0.724. The van der Waals surface area contributed by atoms with Crippen molar-refractivity contribution in [2.24, 2.45) is 0 Å². The number of hydrogen-bond acceptors (Lipinski definition) is 8. The normalized spacial score (nSPS) is 16.5. The van der Waals surface area contributed by atoms with E-state index >= 15 is 0 Å². The highest BCUT2D eigenvalue weighted by Crippen LogP contribution is 2.51. The van der Waals surface area contributed by atoms with Crippen LogP contribution in [0.3, 0.4) is 0 Å². The number of nitro benzene ring substituents is 1. The molecule has 0 aliphatic carbocycles. The Hall–Kier alpha value is -1.16. The minimum Gasteiger partial charge on any atom is -0.295 e. The van der Waals surface area contributed by atoms with Gasteiger partial charge in [0.05, 0.1) is 10.8 Å². The molecule has 0 atom stereocenters. The van der Waals surface area contributed by atoms with E-state index in [2.05, 4.69) is 0 Å². The summed E-state index contributed by atoms with van der Waals surface area (Å²) in [5.74, 6) is 2.52. The molecule has 0 saturated carbocycles. The molecule has 0 radical (unpaired) electrons. The van der Waals surface area contributed by atoms with E-state index in [1.54, 1.807) is 65.2 Å². The molecule has 28 heavy (non-hydrogen) atoms. The number of para-hydroxylation sites is 1. The smallest absolute Gasteiger partial charge is 0.273 e. The number of ketones is 2. The summed E-state index contributed by atoms with van der Waals surface area (Å²) in [5.41, 5.74) is 1.36. The van der Waals surface area contributed by atoms with Gasteiger partial charge in [-0.3, -0.25) is 19.7 Å². The number of rotatable bonds is 6. The van der Waals surface area contributed by atoms with Gasteiger partial charge in [-0.25, -0.2) is 0 Å². The van der Waals surface area contributed by atoms with Crippen molar-refractivity contribution in [3.8, 4) is 0 Å². The van der Waals surface area contributed by atoms with Crippen molar-refractivity contribution in [2.45, 2.75) is 19.8 Å². The molecule has 3 rings (SSSR count). The molecule has 0 N–H and O–H groups in total. The highest BCUT2D eigenvalue weighted by Gasteiger charge is 2.37. The van der Waals surface area contributed by atoms with Gasteiger partial charge in [-0.15, -0.1) is 47.0 Å². The van der Waals surface area contributed by atoms with Gasteiger partial charge in [0.2, 0.25) is 0 Å². The van der Waals surface area contributed by atoms with Gasteiger partial charge < -0.3 is 0 Å². The largest absolute Gasteiger partial charge is 0.295 e. The van der Waals surface area contributed by atoms with Crippen LogP contribution in [-0.4, -0.2) is 39.5 Å². The second-order valence-electron chi connectivity index (χ2n) is 6.16. The number of carbonyl (C=O) groups excluding carboxylic acids is 2. The number of thioether (sulfide) groups is 4. The predicted octanol–water partition coefficient (Wildman–Crippen LogP) is 5.24. The minimum absolute atomic E-state index is 0.0628. The van der Waals surface area contributed by atoms with Crippen LogP contribution in [0.25, 0.3) is 0 Å². The SMILES string of the molecule is CC(=O)C(=C1SCCS1)C(C(C(C)=O)=C1SCCS1)c1ccccc1[N+](=O)[O-]. The summed E-state index contributed by atoms with van der Waals surface area (Å²) in [6.07, 6.45) is 0. The second-order valence-corrected chi connectivity index (χ2v) is 11.1. The van der Waals surface area contributed by atoms with Crippen LogP contribution in [0.4, 0.5) is 5.69 Å². The lowest BCUT2D eigenvalue weighted by atomic mass is 9.82. The predicted molar refractivity (Wildman–Crippen MR) is 121 cm³/mol. The third-order valence-electron chi connectivity index (χ3n) is 4.32. The molecule has 9 heteroatoms. The zero-order valence-electron chi connectivity index (χ0n) is 15.4. The summed E-state index contributed by atoms with van der Waals surface area (Å²) in [6.45, 7) is 2.97. The number of nitro groups is 1. The van der Waals surface area contributed by atoms with Crippen LogP contribution in [0.1, 0.15) is 25.3 Å².